The lowest BCUT2D eigenvalue weighted by atomic mass is 9.97. The van der Waals surface area contributed by atoms with Crippen molar-refractivity contribution < 1.29 is 33.2 Å². The van der Waals surface area contributed by atoms with Crippen LogP contribution < -0.4 is 0 Å². The molecule has 1 spiro atoms. The third-order valence-corrected chi connectivity index (χ3v) is 6.91. The van der Waals surface area contributed by atoms with Gasteiger partial charge in [-0.05, 0) is 41.0 Å². The van der Waals surface area contributed by atoms with E-state index in [0.29, 0.717) is 66.1 Å². The highest BCUT2D eigenvalue weighted by Crippen LogP contribution is 2.55. The fourth-order valence-electron chi connectivity index (χ4n) is 4.42. The Balaban J connectivity index is 1.49. The molecule has 0 N–H and O–H groups in total. The van der Waals surface area contributed by atoms with E-state index >= 15 is 0 Å². The summed E-state index contributed by atoms with van der Waals surface area (Å²) >= 11 is 7.34. The molecule has 2 fully saturated rings. The summed E-state index contributed by atoms with van der Waals surface area (Å²) in [5, 5.41) is 0. The van der Waals surface area contributed by atoms with Crippen LogP contribution in [0.2, 0.25) is 0 Å². The van der Waals surface area contributed by atoms with Gasteiger partial charge in [-0.1, -0.05) is 37.9 Å². The summed E-state index contributed by atoms with van der Waals surface area (Å²) < 4.78 is 43.3. The summed E-state index contributed by atoms with van der Waals surface area (Å²) in [6, 6.07) is 10.5. The zero-order valence-electron chi connectivity index (χ0n) is 18.9. The Labute approximate surface area is 216 Å². The number of epoxide rings is 1. The second-order valence-electron chi connectivity index (χ2n) is 8.19. The number of rotatable bonds is 1. The first-order valence-corrected chi connectivity index (χ1v) is 13.1. The van der Waals surface area contributed by atoms with Crippen LogP contribution in [-0.4, -0.2) is 72.7 Å². The van der Waals surface area contributed by atoms with Crippen LogP contribution in [0.15, 0.2) is 39.3 Å². The molecule has 9 heteroatoms. The van der Waals surface area contributed by atoms with Crippen molar-refractivity contribution in [2.24, 2.45) is 0 Å². The van der Waals surface area contributed by atoms with Gasteiger partial charge in [-0.2, -0.15) is 0 Å². The Bertz CT molecular complexity index is 977. The third kappa shape index (κ3) is 5.43. The SMILES string of the molecule is Brc1ccc2c(c1)C1(OCCOCCOCCOCCOCCO1)c1cc(Br)cc(C3CO3)c1-2. The first kappa shape index (κ1) is 24.8. The van der Waals surface area contributed by atoms with Crippen LogP contribution in [0.5, 0.6) is 0 Å². The van der Waals surface area contributed by atoms with Crippen molar-refractivity contribution in [2.75, 3.05) is 72.7 Å². The molecule has 1 unspecified atom stereocenters. The van der Waals surface area contributed by atoms with Gasteiger partial charge in [-0.25, -0.2) is 0 Å². The molecule has 0 radical (unpaired) electrons. The van der Waals surface area contributed by atoms with Gasteiger partial charge in [0.15, 0.2) is 0 Å². The summed E-state index contributed by atoms with van der Waals surface area (Å²) in [5.41, 5.74) is 5.27. The molecule has 0 amide bonds. The van der Waals surface area contributed by atoms with Gasteiger partial charge in [-0.3, -0.25) is 0 Å². The van der Waals surface area contributed by atoms with Crippen molar-refractivity contribution in [2.45, 2.75) is 11.9 Å². The van der Waals surface area contributed by atoms with Crippen LogP contribution in [0.4, 0.5) is 0 Å². The lowest BCUT2D eigenvalue weighted by Crippen LogP contribution is -2.35. The van der Waals surface area contributed by atoms with Crippen LogP contribution in [0, 0.1) is 0 Å². The number of hydrogen-bond acceptors (Lipinski definition) is 7. The number of halogens is 2. The predicted octanol–water partition coefficient (Wildman–Crippen LogP) is 4.58. The molecule has 3 aliphatic rings. The van der Waals surface area contributed by atoms with E-state index in [2.05, 4.69) is 56.1 Å². The van der Waals surface area contributed by atoms with Crippen LogP contribution >= 0.6 is 31.9 Å². The molecule has 1 atom stereocenters. The fourth-order valence-corrected chi connectivity index (χ4v) is 5.26. The summed E-state index contributed by atoms with van der Waals surface area (Å²) in [6.07, 6.45) is 0.0830. The number of ether oxygens (including phenoxy) is 7. The molecular weight excluding hydrogens is 572 g/mol. The first-order chi connectivity index (χ1) is 16.7. The van der Waals surface area contributed by atoms with Crippen molar-refractivity contribution in [3.63, 3.8) is 0 Å². The van der Waals surface area contributed by atoms with Gasteiger partial charge in [0.25, 0.3) is 0 Å². The molecule has 0 aromatic heterocycles. The zero-order chi connectivity index (χ0) is 23.4. The summed E-state index contributed by atoms with van der Waals surface area (Å²) in [6.45, 7) is 5.37. The fraction of sp³-hybridized carbons (Fsp3) is 0.520. The number of benzene rings is 2. The average Bonchev–Trinajstić information content (AvgIpc) is 3.64. The largest absolute Gasteiger partial charge is 0.377 e. The molecule has 7 nitrogen and oxygen atoms in total. The average molecular weight is 600 g/mol. The third-order valence-electron chi connectivity index (χ3n) is 5.96. The van der Waals surface area contributed by atoms with E-state index in [1.165, 1.54) is 0 Å². The monoisotopic (exact) mass is 598 g/mol. The molecule has 0 bridgehead atoms. The molecule has 184 valence electrons. The second-order valence-corrected chi connectivity index (χ2v) is 10.0. The number of hydrogen-bond donors (Lipinski definition) is 0. The minimum Gasteiger partial charge on any atom is -0.377 e. The molecule has 5 rings (SSSR count). The second kappa shape index (κ2) is 11.5. The van der Waals surface area contributed by atoms with Crippen LogP contribution in [-0.2, 0) is 38.9 Å². The lowest BCUT2D eigenvalue weighted by Gasteiger charge is -2.32. The van der Waals surface area contributed by atoms with Crippen LogP contribution in [0.1, 0.15) is 22.8 Å². The molecule has 2 aromatic carbocycles. The van der Waals surface area contributed by atoms with Crippen molar-refractivity contribution >= 4 is 31.9 Å². The topological polar surface area (TPSA) is 67.9 Å². The Morgan fingerprint density at radius 1 is 0.647 bits per heavy atom. The molecule has 2 aromatic rings. The molecule has 1 aliphatic carbocycles. The van der Waals surface area contributed by atoms with E-state index in [0.717, 1.165) is 43.4 Å². The summed E-state index contributed by atoms with van der Waals surface area (Å²) in [4.78, 5) is 0. The molecule has 0 saturated carbocycles. The summed E-state index contributed by atoms with van der Waals surface area (Å²) in [7, 11) is 0. The van der Waals surface area contributed by atoms with Gasteiger partial charge in [0.1, 0.15) is 6.10 Å². The maximum atomic E-state index is 6.58. The van der Waals surface area contributed by atoms with Crippen LogP contribution in [0.3, 0.4) is 0 Å². The smallest absolute Gasteiger partial charge is 0.223 e. The van der Waals surface area contributed by atoms with Crippen molar-refractivity contribution in [3.8, 4) is 11.1 Å². The van der Waals surface area contributed by atoms with Gasteiger partial charge in [0.05, 0.1) is 72.7 Å². The van der Waals surface area contributed by atoms with Gasteiger partial charge < -0.3 is 33.2 Å². The van der Waals surface area contributed by atoms with E-state index in [-0.39, 0.29) is 6.10 Å². The lowest BCUT2D eigenvalue weighted by molar-refractivity contribution is -0.225. The molecular formula is C25H28Br2O7. The molecule has 2 aliphatic heterocycles. The molecule has 34 heavy (non-hydrogen) atoms. The predicted molar refractivity (Wildman–Crippen MR) is 132 cm³/mol. The highest BCUT2D eigenvalue weighted by atomic mass is 79.9. The highest BCUT2D eigenvalue weighted by molar-refractivity contribution is 9.10. The first-order valence-electron chi connectivity index (χ1n) is 11.5. The van der Waals surface area contributed by atoms with E-state index < -0.39 is 5.79 Å². The van der Waals surface area contributed by atoms with Gasteiger partial charge in [-0.15, -0.1) is 0 Å². The van der Waals surface area contributed by atoms with Gasteiger partial charge >= 0.3 is 0 Å². The standard InChI is InChI=1S/C25H28Br2O7/c26-17-1-2-19-21(14-17)25(22-15-18(27)13-20(24(19)22)23-16-32-23)33-11-9-30-7-5-28-3-4-29-6-8-31-10-12-34-25/h1-2,13-15,23H,3-12,16H2. The Morgan fingerprint density at radius 2 is 1.18 bits per heavy atom. The van der Waals surface area contributed by atoms with E-state index in [1.54, 1.807) is 0 Å². The Morgan fingerprint density at radius 3 is 1.74 bits per heavy atom. The molecule has 2 heterocycles. The summed E-state index contributed by atoms with van der Waals surface area (Å²) in [5.74, 6) is -1.09. The van der Waals surface area contributed by atoms with E-state index in [1.807, 2.05) is 6.07 Å². The number of fused-ring (bicyclic) bond motifs is 5. The van der Waals surface area contributed by atoms with Crippen LogP contribution in [0.25, 0.3) is 11.1 Å². The molecule has 2 saturated heterocycles. The highest BCUT2D eigenvalue weighted by Gasteiger charge is 2.48. The van der Waals surface area contributed by atoms with Gasteiger partial charge in [0, 0.05) is 20.1 Å². The normalized spacial score (nSPS) is 23.8. The Kier molecular flexibility index (Phi) is 8.35. The van der Waals surface area contributed by atoms with Crippen molar-refractivity contribution in [1.29, 1.82) is 0 Å². The minimum atomic E-state index is -1.09. The zero-order valence-corrected chi connectivity index (χ0v) is 22.0. The maximum Gasteiger partial charge on any atom is 0.223 e. The minimum absolute atomic E-state index is 0.0830. The maximum absolute atomic E-state index is 6.58. The van der Waals surface area contributed by atoms with Crippen molar-refractivity contribution in [3.05, 3.63) is 56.0 Å². The van der Waals surface area contributed by atoms with E-state index in [4.69, 9.17) is 33.2 Å². The quantitative estimate of drug-likeness (QED) is 0.445. The van der Waals surface area contributed by atoms with Gasteiger partial charge in [0.2, 0.25) is 5.79 Å². The van der Waals surface area contributed by atoms with E-state index in [9.17, 15) is 0 Å². The van der Waals surface area contributed by atoms with Crippen molar-refractivity contribution in [1.82, 2.24) is 0 Å². The Hall–Kier alpha value is -0.880.